The predicted octanol–water partition coefficient (Wildman–Crippen LogP) is -0.266. The Kier molecular flexibility index (Phi) is 4.06. The largest absolute Gasteiger partial charge is 0.395 e. The fourth-order valence-corrected chi connectivity index (χ4v) is 1.19. The lowest BCUT2D eigenvalue weighted by atomic mass is 10.2. The number of aliphatic hydroxyl groups excluding tert-OH is 2. The zero-order chi connectivity index (χ0) is 10.6. The first kappa shape index (κ1) is 11.2. The predicted molar refractivity (Wildman–Crippen MR) is 50.8 cm³/mol. The molecular weight excluding hydrogens is 184 g/mol. The van der Waals surface area contributed by atoms with Crippen LogP contribution in [0, 0.1) is 13.8 Å². The summed E-state index contributed by atoms with van der Waals surface area (Å²) in [6.45, 7) is 4.08. The summed E-state index contributed by atoms with van der Waals surface area (Å²) in [5.74, 6) is 0.768. The van der Waals surface area contributed by atoms with Gasteiger partial charge >= 0.3 is 0 Å². The van der Waals surface area contributed by atoms with Crippen molar-refractivity contribution in [2.45, 2.75) is 26.4 Å². The monoisotopic (exact) mass is 200 g/mol. The Bertz CT molecular complexity index is 262. The van der Waals surface area contributed by atoms with Crippen molar-refractivity contribution in [3.05, 3.63) is 17.0 Å². The van der Waals surface area contributed by atoms with E-state index in [1.54, 1.807) is 0 Å². The Hall–Kier alpha value is -0.910. The molecule has 1 aromatic heterocycles. The van der Waals surface area contributed by atoms with Crippen LogP contribution in [0.5, 0.6) is 0 Å². The molecular formula is C9H16N2O3. The molecule has 1 heterocycles. The summed E-state index contributed by atoms with van der Waals surface area (Å²) in [6.07, 6.45) is 0. The van der Waals surface area contributed by atoms with Crippen molar-refractivity contribution in [3.63, 3.8) is 0 Å². The maximum Gasteiger partial charge on any atom is 0.138 e. The molecule has 14 heavy (non-hydrogen) atoms. The van der Waals surface area contributed by atoms with E-state index in [0.717, 1.165) is 17.0 Å². The maximum absolute atomic E-state index is 8.83. The Morgan fingerprint density at radius 3 is 2.43 bits per heavy atom. The van der Waals surface area contributed by atoms with E-state index in [4.69, 9.17) is 14.7 Å². The number of aromatic nitrogens is 1. The molecule has 0 radical (unpaired) electrons. The Balaban J connectivity index is 2.52. The van der Waals surface area contributed by atoms with E-state index in [9.17, 15) is 0 Å². The highest BCUT2D eigenvalue weighted by Gasteiger charge is 2.11. The topological polar surface area (TPSA) is 78.5 Å². The highest BCUT2D eigenvalue weighted by molar-refractivity contribution is 5.20. The third-order valence-electron chi connectivity index (χ3n) is 2.19. The van der Waals surface area contributed by atoms with Gasteiger partial charge < -0.3 is 20.1 Å². The van der Waals surface area contributed by atoms with Crippen molar-refractivity contribution in [2.24, 2.45) is 0 Å². The van der Waals surface area contributed by atoms with Crippen LogP contribution in [0.2, 0.25) is 0 Å². The quantitative estimate of drug-likeness (QED) is 0.610. The van der Waals surface area contributed by atoms with E-state index >= 15 is 0 Å². The van der Waals surface area contributed by atoms with Gasteiger partial charge in [-0.25, -0.2) is 0 Å². The Morgan fingerprint density at radius 1 is 1.36 bits per heavy atom. The fraction of sp³-hybridized carbons (Fsp3) is 0.667. The molecule has 5 nitrogen and oxygen atoms in total. The minimum absolute atomic E-state index is 0.0835. The average Bonchev–Trinajstić information content (AvgIpc) is 2.50. The summed E-state index contributed by atoms with van der Waals surface area (Å²) < 4.78 is 4.98. The third-order valence-corrected chi connectivity index (χ3v) is 2.19. The van der Waals surface area contributed by atoms with E-state index < -0.39 is 0 Å². The standard InChI is InChI=1S/C9H16N2O3/c1-6-9(7(2)14-11-6)3-10-8(4-12)5-13/h8,10,12-13H,3-5H2,1-2H3. The molecule has 0 aliphatic carbocycles. The van der Waals surface area contributed by atoms with Crippen LogP contribution in [0.4, 0.5) is 0 Å². The van der Waals surface area contributed by atoms with E-state index in [1.165, 1.54) is 0 Å². The molecule has 0 aliphatic rings. The van der Waals surface area contributed by atoms with Gasteiger partial charge in [-0.15, -0.1) is 0 Å². The molecule has 0 spiro atoms. The molecule has 0 fully saturated rings. The van der Waals surface area contributed by atoms with Crippen LogP contribution < -0.4 is 5.32 Å². The maximum atomic E-state index is 8.83. The van der Waals surface area contributed by atoms with Gasteiger partial charge in [-0.1, -0.05) is 5.16 Å². The lowest BCUT2D eigenvalue weighted by molar-refractivity contribution is 0.170. The van der Waals surface area contributed by atoms with Crippen molar-refractivity contribution in [1.82, 2.24) is 10.5 Å². The summed E-state index contributed by atoms with van der Waals surface area (Å²) in [5.41, 5.74) is 1.82. The lowest BCUT2D eigenvalue weighted by Crippen LogP contribution is -2.35. The first-order valence-electron chi connectivity index (χ1n) is 4.56. The van der Waals surface area contributed by atoms with Crippen LogP contribution in [0.1, 0.15) is 17.0 Å². The van der Waals surface area contributed by atoms with E-state index in [1.807, 2.05) is 13.8 Å². The molecule has 0 unspecified atom stereocenters. The molecule has 0 saturated heterocycles. The SMILES string of the molecule is Cc1noc(C)c1CNC(CO)CO. The third kappa shape index (κ3) is 2.54. The summed E-state index contributed by atoms with van der Waals surface area (Å²) in [4.78, 5) is 0. The Morgan fingerprint density at radius 2 is 2.00 bits per heavy atom. The van der Waals surface area contributed by atoms with Crippen molar-refractivity contribution >= 4 is 0 Å². The molecule has 0 aromatic carbocycles. The zero-order valence-electron chi connectivity index (χ0n) is 8.45. The van der Waals surface area contributed by atoms with Crippen LogP contribution >= 0.6 is 0 Å². The summed E-state index contributed by atoms with van der Waals surface area (Å²) in [7, 11) is 0. The van der Waals surface area contributed by atoms with Crippen LogP contribution in [0.3, 0.4) is 0 Å². The average molecular weight is 200 g/mol. The number of rotatable bonds is 5. The van der Waals surface area contributed by atoms with Gasteiger partial charge in [0.05, 0.1) is 24.9 Å². The number of nitrogens with one attached hydrogen (secondary N) is 1. The van der Waals surface area contributed by atoms with Gasteiger partial charge in [-0.2, -0.15) is 0 Å². The molecule has 0 amide bonds. The number of nitrogens with zero attached hydrogens (tertiary/aromatic N) is 1. The second-order valence-electron chi connectivity index (χ2n) is 3.25. The second-order valence-corrected chi connectivity index (χ2v) is 3.25. The summed E-state index contributed by atoms with van der Waals surface area (Å²) >= 11 is 0. The van der Waals surface area contributed by atoms with Crippen LogP contribution in [-0.2, 0) is 6.54 Å². The normalized spacial score (nSPS) is 11.2. The second kappa shape index (κ2) is 5.09. The van der Waals surface area contributed by atoms with Gasteiger partial charge in [0.15, 0.2) is 0 Å². The molecule has 80 valence electrons. The zero-order valence-corrected chi connectivity index (χ0v) is 8.45. The van der Waals surface area contributed by atoms with E-state index in [0.29, 0.717) is 6.54 Å². The van der Waals surface area contributed by atoms with Gasteiger partial charge in [-0.3, -0.25) is 0 Å². The molecule has 0 atom stereocenters. The molecule has 1 rings (SSSR count). The number of aliphatic hydroxyl groups is 2. The number of hydrogen-bond donors (Lipinski definition) is 3. The molecule has 0 bridgehead atoms. The van der Waals surface area contributed by atoms with Gasteiger partial charge in [0.25, 0.3) is 0 Å². The molecule has 1 aromatic rings. The Labute approximate surface area is 82.7 Å². The van der Waals surface area contributed by atoms with E-state index in [-0.39, 0.29) is 19.3 Å². The van der Waals surface area contributed by atoms with Crippen molar-refractivity contribution in [3.8, 4) is 0 Å². The fourth-order valence-electron chi connectivity index (χ4n) is 1.19. The van der Waals surface area contributed by atoms with Crippen LogP contribution in [0.15, 0.2) is 4.52 Å². The van der Waals surface area contributed by atoms with Gasteiger partial charge in [0.2, 0.25) is 0 Å². The molecule has 0 saturated carbocycles. The molecule has 3 N–H and O–H groups in total. The number of hydrogen-bond acceptors (Lipinski definition) is 5. The first-order chi connectivity index (χ1) is 6.69. The highest BCUT2D eigenvalue weighted by atomic mass is 16.5. The minimum Gasteiger partial charge on any atom is -0.395 e. The van der Waals surface area contributed by atoms with Crippen molar-refractivity contribution < 1.29 is 14.7 Å². The smallest absolute Gasteiger partial charge is 0.138 e. The molecule has 5 heteroatoms. The van der Waals surface area contributed by atoms with Gasteiger partial charge in [0, 0.05) is 12.1 Å². The van der Waals surface area contributed by atoms with E-state index in [2.05, 4.69) is 10.5 Å². The first-order valence-corrected chi connectivity index (χ1v) is 4.56. The summed E-state index contributed by atoms with van der Waals surface area (Å²) in [5, 5.41) is 24.5. The lowest BCUT2D eigenvalue weighted by Gasteiger charge is -2.12. The highest BCUT2D eigenvalue weighted by Crippen LogP contribution is 2.11. The number of aryl methyl sites for hydroxylation is 2. The van der Waals surface area contributed by atoms with Crippen molar-refractivity contribution in [2.75, 3.05) is 13.2 Å². The van der Waals surface area contributed by atoms with Crippen molar-refractivity contribution in [1.29, 1.82) is 0 Å². The molecule has 0 aliphatic heterocycles. The van der Waals surface area contributed by atoms with Crippen LogP contribution in [-0.4, -0.2) is 34.6 Å². The van der Waals surface area contributed by atoms with Gasteiger partial charge in [-0.05, 0) is 13.8 Å². The minimum atomic E-state index is -0.288. The summed E-state index contributed by atoms with van der Waals surface area (Å²) in [6, 6.07) is -0.288. The van der Waals surface area contributed by atoms with Gasteiger partial charge in [0.1, 0.15) is 5.76 Å². The van der Waals surface area contributed by atoms with Crippen LogP contribution in [0.25, 0.3) is 0 Å².